The van der Waals surface area contributed by atoms with Crippen molar-refractivity contribution in [2.45, 2.75) is 18.9 Å². The number of carboxylic acids is 2. The van der Waals surface area contributed by atoms with Crippen molar-refractivity contribution in [3.63, 3.8) is 0 Å². The zero-order valence-electron chi connectivity index (χ0n) is 10.4. The van der Waals surface area contributed by atoms with Gasteiger partial charge in [0.25, 0.3) is 0 Å². The lowest BCUT2D eigenvalue weighted by atomic mass is 10.2. The molecule has 110 valence electrons. The van der Waals surface area contributed by atoms with Crippen molar-refractivity contribution in [1.29, 1.82) is 0 Å². The fourth-order valence-corrected chi connectivity index (χ4v) is 2.67. The van der Waals surface area contributed by atoms with Crippen molar-refractivity contribution in [3.05, 3.63) is 30.1 Å². The van der Waals surface area contributed by atoms with E-state index in [-0.39, 0.29) is 12.2 Å². The van der Waals surface area contributed by atoms with E-state index in [0.717, 1.165) is 5.56 Å². The van der Waals surface area contributed by atoms with E-state index >= 15 is 0 Å². The molecule has 0 bridgehead atoms. The SMILES string of the molecule is O=C(O)C[C@H](NS(=O)(=O)CCc1ccncc1)C(=O)O. The molecule has 8 nitrogen and oxygen atoms in total. The van der Waals surface area contributed by atoms with Crippen molar-refractivity contribution >= 4 is 22.0 Å². The van der Waals surface area contributed by atoms with Crippen LogP contribution in [0.4, 0.5) is 0 Å². The number of pyridine rings is 1. The summed E-state index contributed by atoms with van der Waals surface area (Å²) < 4.78 is 25.3. The highest BCUT2D eigenvalue weighted by Crippen LogP contribution is 2.02. The molecule has 0 amide bonds. The van der Waals surface area contributed by atoms with E-state index in [1.165, 1.54) is 12.4 Å². The summed E-state index contributed by atoms with van der Waals surface area (Å²) in [6.45, 7) is 0. The summed E-state index contributed by atoms with van der Waals surface area (Å²) in [5, 5.41) is 17.3. The monoisotopic (exact) mass is 302 g/mol. The standard InChI is InChI=1S/C11H14N2O6S/c14-10(15)7-9(11(16)17)13-20(18,19)6-3-8-1-4-12-5-2-8/h1-2,4-5,9,13H,3,6-7H2,(H,14,15)(H,16,17)/t9-/m0/s1. The molecule has 1 aromatic rings. The fourth-order valence-electron chi connectivity index (χ4n) is 1.43. The van der Waals surface area contributed by atoms with E-state index in [9.17, 15) is 18.0 Å². The first kappa shape index (κ1) is 16.1. The molecule has 3 N–H and O–H groups in total. The average Bonchev–Trinajstić information content (AvgIpc) is 2.36. The van der Waals surface area contributed by atoms with Gasteiger partial charge in [-0.25, -0.2) is 13.1 Å². The number of hydrogen-bond acceptors (Lipinski definition) is 5. The molecule has 1 aromatic heterocycles. The van der Waals surface area contributed by atoms with Crippen molar-refractivity contribution in [2.75, 3.05) is 5.75 Å². The van der Waals surface area contributed by atoms with Crippen molar-refractivity contribution < 1.29 is 28.2 Å². The highest BCUT2D eigenvalue weighted by molar-refractivity contribution is 7.89. The second-order valence-electron chi connectivity index (χ2n) is 4.03. The molecule has 1 rings (SSSR count). The van der Waals surface area contributed by atoms with Crippen molar-refractivity contribution in [1.82, 2.24) is 9.71 Å². The minimum absolute atomic E-state index is 0.178. The lowest BCUT2D eigenvalue weighted by Crippen LogP contribution is -2.43. The second-order valence-corrected chi connectivity index (χ2v) is 5.90. The minimum Gasteiger partial charge on any atom is -0.481 e. The summed E-state index contributed by atoms with van der Waals surface area (Å²) in [7, 11) is -3.88. The maximum Gasteiger partial charge on any atom is 0.322 e. The molecular weight excluding hydrogens is 288 g/mol. The fraction of sp³-hybridized carbons (Fsp3) is 0.364. The Morgan fingerprint density at radius 3 is 2.35 bits per heavy atom. The highest BCUT2D eigenvalue weighted by atomic mass is 32.2. The van der Waals surface area contributed by atoms with Gasteiger partial charge in [-0.05, 0) is 24.1 Å². The lowest BCUT2D eigenvalue weighted by molar-refractivity contribution is -0.145. The molecule has 0 spiro atoms. The summed E-state index contributed by atoms with van der Waals surface area (Å²) >= 11 is 0. The Morgan fingerprint density at radius 2 is 1.85 bits per heavy atom. The summed E-state index contributed by atoms with van der Waals surface area (Å²) in [4.78, 5) is 25.0. The van der Waals surface area contributed by atoms with Crippen LogP contribution in [0, 0.1) is 0 Å². The predicted octanol–water partition coefficient (Wildman–Crippen LogP) is -0.529. The van der Waals surface area contributed by atoms with Gasteiger partial charge < -0.3 is 10.2 Å². The van der Waals surface area contributed by atoms with Crippen LogP contribution in [0.15, 0.2) is 24.5 Å². The molecule has 0 saturated heterocycles. The third-order valence-electron chi connectivity index (χ3n) is 2.41. The molecule has 0 saturated carbocycles. The summed E-state index contributed by atoms with van der Waals surface area (Å²) in [6.07, 6.45) is 2.39. The minimum atomic E-state index is -3.88. The van der Waals surface area contributed by atoms with Crippen LogP contribution >= 0.6 is 0 Å². The highest BCUT2D eigenvalue weighted by Gasteiger charge is 2.26. The van der Waals surface area contributed by atoms with Gasteiger partial charge in [0.2, 0.25) is 10.0 Å². The van der Waals surface area contributed by atoms with Gasteiger partial charge in [-0.1, -0.05) is 0 Å². The Bertz CT molecular complexity index is 572. The quantitative estimate of drug-likeness (QED) is 0.587. The average molecular weight is 302 g/mol. The largest absolute Gasteiger partial charge is 0.481 e. The number of rotatable bonds is 8. The smallest absolute Gasteiger partial charge is 0.322 e. The first-order valence-electron chi connectivity index (χ1n) is 5.63. The number of aryl methyl sites for hydroxylation is 1. The lowest BCUT2D eigenvalue weighted by Gasteiger charge is -2.12. The van der Waals surface area contributed by atoms with Gasteiger partial charge in [0.05, 0.1) is 12.2 Å². The van der Waals surface area contributed by atoms with Gasteiger partial charge in [0, 0.05) is 12.4 Å². The molecule has 0 unspecified atom stereocenters. The molecule has 1 atom stereocenters. The number of aromatic nitrogens is 1. The number of carbonyl (C=O) groups is 2. The maximum absolute atomic E-state index is 11.7. The second kappa shape index (κ2) is 6.96. The molecule has 0 aliphatic carbocycles. The van der Waals surface area contributed by atoms with E-state index in [1.807, 2.05) is 4.72 Å². The van der Waals surface area contributed by atoms with Crippen LogP contribution in [0.1, 0.15) is 12.0 Å². The van der Waals surface area contributed by atoms with Crippen LogP contribution < -0.4 is 4.72 Å². The Balaban J connectivity index is 2.63. The van der Waals surface area contributed by atoms with Gasteiger partial charge in [-0.2, -0.15) is 0 Å². The van der Waals surface area contributed by atoms with Crippen LogP contribution in [0.2, 0.25) is 0 Å². The molecule has 9 heteroatoms. The normalized spacial score (nSPS) is 12.8. The molecule has 20 heavy (non-hydrogen) atoms. The number of nitrogens with one attached hydrogen (secondary N) is 1. The summed E-state index contributed by atoms with van der Waals surface area (Å²) in [5.74, 6) is -3.26. The van der Waals surface area contributed by atoms with E-state index in [0.29, 0.717) is 0 Å². The van der Waals surface area contributed by atoms with Crippen LogP contribution in [-0.4, -0.2) is 47.3 Å². The van der Waals surface area contributed by atoms with Crippen LogP contribution in [0.5, 0.6) is 0 Å². The molecule has 0 aliphatic heterocycles. The first-order valence-corrected chi connectivity index (χ1v) is 7.29. The van der Waals surface area contributed by atoms with E-state index < -0.39 is 34.4 Å². The number of nitrogens with zero attached hydrogens (tertiary/aromatic N) is 1. The zero-order chi connectivity index (χ0) is 15.2. The molecule has 0 radical (unpaired) electrons. The van der Waals surface area contributed by atoms with Gasteiger partial charge in [0.15, 0.2) is 0 Å². The third-order valence-corrected chi connectivity index (χ3v) is 3.79. The maximum atomic E-state index is 11.7. The van der Waals surface area contributed by atoms with Gasteiger partial charge in [0.1, 0.15) is 6.04 Å². The molecule has 0 fully saturated rings. The Kier molecular flexibility index (Phi) is 5.59. The van der Waals surface area contributed by atoms with Gasteiger partial charge in [-0.15, -0.1) is 0 Å². The molecule has 0 aliphatic rings. The molecule has 0 aromatic carbocycles. The number of carboxylic acid groups (broad SMARTS) is 2. The Morgan fingerprint density at radius 1 is 1.25 bits per heavy atom. The van der Waals surface area contributed by atoms with E-state index in [4.69, 9.17) is 10.2 Å². The first-order chi connectivity index (χ1) is 9.30. The number of sulfonamides is 1. The molecular formula is C11H14N2O6S. The van der Waals surface area contributed by atoms with Crippen LogP contribution in [0.25, 0.3) is 0 Å². The van der Waals surface area contributed by atoms with Gasteiger partial charge in [-0.3, -0.25) is 14.6 Å². The van der Waals surface area contributed by atoms with Crippen molar-refractivity contribution in [3.8, 4) is 0 Å². The zero-order valence-corrected chi connectivity index (χ0v) is 11.2. The predicted molar refractivity (Wildman–Crippen MR) is 68.5 cm³/mol. The number of hydrogen-bond donors (Lipinski definition) is 3. The van der Waals surface area contributed by atoms with E-state index in [1.54, 1.807) is 12.1 Å². The topological polar surface area (TPSA) is 134 Å². The molecule has 1 heterocycles. The summed E-state index contributed by atoms with van der Waals surface area (Å²) in [5.41, 5.74) is 0.732. The summed E-state index contributed by atoms with van der Waals surface area (Å²) in [6, 6.07) is 1.61. The Labute approximate surface area is 115 Å². The van der Waals surface area contributed by atoms with Crippen molar-refractivity contribution in [2.24, 2.45) is 0 Å². The Hall–Kier alpha value is -2.00. The van der Waals surface area contributed by atoms with Crippen LogP contribution in [-0.2, 0) is 26.0 Å². The van der Waals surface area contributed by atoms with E-state index in [2.05, 4.69) is 4.98 Å². The van der Waals surface area contributed by atoms with Crippen LogP contribution in [0.3, 0.4) is 0 Å². The third kappa shape index (κ3) is 5.76. The van der Waals surface area contributed by atoms with Gasteiger partial charge >= 0.3 is 11.9 Å². The number of aliphatic carboxylic acids is 2.